The van der Waals surface area contributed by atoms with Crippen LogP contribution in [0.25, 0.3) is 0 Å². The summed E-state index contributed by atoms with van der Waals surface area (Å²) in [5.41, 5.74) is 0.903. The van der Waals surface area contributed by atoms with Crippen LogP contribution in [0.2, 0.25) is 0 Å². The second kappa shape index (κ2) is 7.56. The fourth-order valence-electron chi connectivity index (χ4n) is 2.00. The van der Waals surface area contributed by atoms with Crippen molar-refractivity contribution in [3.05, 3.63) is 35.9 Å². The molecule has 0 bridgehead atoms. The molecule has 0 aliphatic carbocycles. The van der Waals surface area contributed by atoms with E-state index in [0.717, 1.165) is 18.4 Å². The zero-order valence-corrected chi connectivity index (χ0v) is 11.4. The fraction of sp³-hybridized carbons (Fsp3) is 0.467. The highest BCUT2D eigenvalue weighted by Gasteiger charge is 2.23. The van der Waals surface area contributed by atoms with E-state index in [-0.39, 0.29) is 11.8 Å². The number of carbonyl (C=O) groups excluding carboxylic acids is 1. The van der Waals surface area contributed by atoms with Crippen LogP contribution in [0.3, 0.4) is 0 Å². The molecule has 104 valence electrons. The summed E-state index contributed by atoms with van der Waals surface area (Å²) in [7, 11) is 0. The van der Waals surface area contributed by atoms with E-state index >= 15 is 0 Å². The van der Waals surface area contributed by atoms with Crippen molar-refractivity contribution in [2.75, 3.05) is 0 Å². The van der Waals surface area contributed by atoms with Crippen molar-refractivity contribution in [1.29, 1.82) is 0 Å². The highest BCUT2D eigenvalue weighted by Crippen LogP contribution is 2.09. The normalized spacial score (nSPS) is 12.2. The highest BCUT2D eigenvalue weighted by atomic mass is 16.4. The number of hydrogen-bond acceptors (Lipinski definition) is 2. The number of nitrogens with one attached hydrogen (secondary N) is 1. The molecule has 1 atom stereocenters. The maximum absolute atomic E-state index is 11.9. The first kappa shape index (κ1) is 15.2. The average molecular weight is 263 g/mol. The van der Waals surface area contributed by atoms with E-state index in [1.165, 1.54) is 0 Å². The molecule has 0 saturated carbocycles. The first-order valence-electron chi connectivity index (χ1n) is 6.65. The number of amides is 1. The van der Waals surface area contributed by atoms with E-state index in [9.17, 15) is 14.7 Å². The van der Waals surface area contributed by atoms with Crippen LogP contribution in [-0.2, 0) is 16.0 Å². The Morgan fingerprint density at radius 3 is 2.21 bits per heavy atom. The van der Waals surface area contributed by atoms with Gasteiger partial charge in [-0.2, -0.15) is 0 Å². The Kier molecular flexibility index (Phi) is 6.06. The van der Waals surface area contributed by atoms with Crippen molar-refractivity contribution in [3.8, 4) is 0 Å². The topological polar surface area (TPSA) is 66.4 Å². The van der Waals surface area contributed by atoms with E-state index < -0.39 is 12.0 Å². The van der Waals surface area contributed by atoms with Gasteiger partial charge in [0, 0.05) is 12.3 Å². The van der Waals surface area contributed by atoms with Gasteiger partial charge >= 0.3 is 5.97 Å². The van der Waals surface area contributed by atoms with Crippen LogP contribution < -0.4 is 5.32 Å². The molecule has 1 aromatic rings. The van der Waals surface area contributed by atoms with Gasteiger partial charge in [0.25, 0.3) is 0 Å². The predicted octanol–water partition coefficient (Wildman–Crippen LogP) is 2.23. The molecule has 4 nitrogen and oxygen atoms in total. The van der Waals surface area contributed by atoms with Gasteiger partial charge in [-0.3, -0.25) is 4.79 Å². The molecule has 0 radical (unpaired) electrons. The van der Waals surface area contributed by atoms with Gasteiger partial charge in [0.05, 0.1) is 0 Å². The smallest absolute Gasteiger partial charge is 0.326 e. The monoisotopic (exact) mass is 263 g/mol. The van der Waals surface area contributed by atoms with Crippen molar-refractivity contribution in [3.63, 3.8) is 0 Å². The summed E-state index contributed by atoms with van der Waals surface area (Å²) < 4.78 is 0. The van der Waals surface area contributed by atoms with Crippen LogP contribution in [0.4, 0.5) is 0 Å². The first-order valence-corrected chi connectivity index (χ1v) is 6.65. The van der Waals surface area contributed by atoms with Crippen LogP contribution in [0, 0.1) is 5.92 Å². The minimum absolute atomic E-state index is 0.113. The molecule has 0 fully saturated rings. The first-order chi connectivity index (χ1) is 9.08. The summed E-state index contributed by atoms with van der Waals surface area (Å²) >= 11 is 0. The zero-order chi connectivity index (χ0) is 14.3. The second-order valence-electron chi connectivity index (χ2n) is 4.60. The Bertz CT molecular complexity index is 413. The molecule has 0 spiro atoms. The summed E-state index contributed by atoms with van der Waals surface area (Å²) in [6, 6.07) is 8.45. The molecule has 0 saturated heterocycles. The van der Waals surface area contributed by atoms with Crippen LogP contribution in [0.15, 0.2) is 30.3 Å². The van der Waals surface area contributed by atoms with Crippen LogP contribution >= 0.6 is 0 Å². The predicted molar refractivity (Wildman–Crippen MR) is 73.8 cm³/mol. The molecule has 1 amide bonds. The van der Waals surface area contributed by atoms with Gasteiger partial charge < -0.3 is 10.4 Å². The quantitative estimate of drug-likeness (QED) is 0.792. The number of aliphatic carboxylic acids is 1. The van der Waals surface area contributed by atoms with Gasteiger partial charge in [-0.1, -0.05) is 44.2 Å². The molecular weight excluding hydrogens is 242 g/mol. The number of benzene rings is 1. The highest BCUT2D eigenvalue weighted by molar-refractivity contribution is 5.85. The summed E-state index contributed by atoms with van der Waals surface area (Å²) in [5.74, 6) is -1.28. The van der Waals surface area contributed by atoms with E-state index in [1.807, 2.05) is 44.2 Å². The van der Waals surface area contributed by atoms with Crippen LogP contribution in [-0.4, -0.2) is 23.0 Å². The summed E-state index contributed by atoms with van der Waals surface area (Å²) in [4.78, 5) is 23.2. The lowest BCUT2D eigenvalue weighted by Crippen LogP contribution is -2.44. The third-order valence-electron chi connectivity index (χ3n) is 3.25. The van der Waals surface area contributed by atoms with Crippen LogP contribution in [0.1, 0.15) is 32.3 Å². The maximum atomic E-state index is 11.9. The lowest BCUT2D eigenvalue weighted by molar-refractivity contribution is -0.142. The molecule has 0 aliphatic rings. The lowest BCUT2D eigenvalue weighted by Gasteiger charge is -2.18. The number of rotatable bonds is 7. The van der Waals surface area contributed by atoms with E-state index in [0.29, 0.717) is 6.42 Å². The molecule has 1 rings (SSSR count). The Hall–Kier alpha value is -1.84. The molecule has 0 aliphatic heterocycles. The van der Waals surface area contributed by atoms with Crippen molar-refractivity contribution >= 4 is 11.9 Å². The Morgan fingerprint density at radius 2 is 1.74 bits per heavy atom. The summed E-state index contributed by atoms with van der Waals surface area (Å²) in [5, 5.41) is 11.8. The van der Waals surface area contributed by atoms with Gasteiger partial charge in [0.15, 0.2) is 0 Å². The Balaban J connectivity index is 2.69. The molecule has 0 unspecified atom stereocenters. The Labute approximate surface area is 113 Å². The second-order valence-corrected chi connectivity index (χ2v) is 4.60. The fourth-order valence-corrected chi connectivity index (χ4v) is 2.00. The van der Waals surface area contributed by atoms with Gasteiger partial charge in [-0.05, 0) is 18.4 Å². The molecule has 0 heterocycles. The van der Waals surface area contributed by atoms with Crippen molar-refractivity contribution < 1.29 is 14.7 Å². The third kappa shape index (κ3) is 4.73. The SMILES string of the molecule is CCC(CC)C(=O)N[C@H](Cc1ccccc1)C(=O)O. The minimum atomic E-state index is -0.997. The molecular formula is C15H21NO3. The largest absolute Gasteiger partial charge is 0.480 e. The zero-order valence-electron chi connectivity index (χ0n) is 11.4. The number of hydrogen-bond donors (Lipinski definition) is 2. The van der Waals surface area contributed by atoms with Crippen molar-refractivity contribution in [2.45, 2.75) is 39.2 Å². The van der Waals surface area contributed by atoms with E-state index in [1.54, 1.807) is 0 Å². The maximum Gasteiger partial charge on any atom is 0.326 e. The number of carbonyl (C=O) groups is 2. The van der Waals surface area contributed by atoms with Crippen molar-refractivity contribution in [2.24, 2.45) is 5.92 Å². The van der Waals surface area contributed by atoms with Gasteiger partial charge in [-0.15, -0.1) is 0 Å². The Morgan fingerprint density at radius 1 is 1.16 bits per heavy atom. The molecule has 4 heteroatoms. The number of carboxylic acid groups (broad SMARTS) is 1. The molecule has 1 aromatic carbocycles. The number of carboxylic acids is 1. The van der Waals surface area contributed by atoms with Gasteiger partial charge in [0.1, 0.15) is 6.04 Å². The summed E-state index contributed by atoms with van der Waals surface area (Å²) in [6.07, 6.45) is 1.75. The van der Waals surface area contributed by atoms with Gasteiger partial charge in [0.2, 0.25) is 5.91 Å². The molecule has 19 heavy (non-hydrogen) atoms. The molecule has 2 N–H and O–H groups in total. The van der Waals surface area contributed by atoms with Gasteiger partial charge in [-0.25, -0.2) is 4.79 Å². The minimum Gasteiger partial charge on any atom is -0.480 e. The molecule has 0 aromatic heterocycles. The summed E-state index contributed by atoms with van der Waals surface area (Å²) in [6.45, 7) is 3.86. The van der Waals surface area contributed by atoms with E-state index in [2.05, 4.69) is 5.32 Å². The standard InChI is InChI=1S/C15H21NO3/c1-3-12(4-2)14(17)16-13(15(18)19)10-11-8-6-5-7-9-11/h5-9,12-13H,3-4,10H2,1-2H3,(H,16,17)(H,18,19)/t13-/m1/s1. The van der Waals surface area contributed by atoms with E-state index in [4.69, 9.17) is 0 Å². The lowest BCUT2D eigenvalue weighted by atomic mass is 10.0. The van der Waals surface area contributed by atoms with Crippen LogP contribution in [0.5, 0.6) is 0 Å². The third-order valence-corrected chi connectivity index (χ3v) is 3.25. The average Bonchev–Trinajstić information content (AvgIpc) is 2.40. The van der Waals surface area contributed by atoms with Crippen molar-refractivity contribution in [1.82, 2.24) is 5.32 Å².